The average Bonchev–Trinajstić information content (AvgIpc) is 2.06. The summed E-state index contributed by atoms with van der Waals surface area (Å²) in [5, 5.41) is 3.47. The van der Waals surface area contributed by atoms with Crippen molar-refractivity contribution in [2.24, 2.45) is 0 Å². The molecule has 0 unspecified atom stereocenters. The summed E-state index contributed by atoms with van der Waals surface area (Å²) in [4.78, 5) is 11.1. The standard InChI is InChI=1S/C9H10BrNO/c10-7-6-9(12)11-8-4-2-1-3-5-8/h1-5H,6-7H2,(H,11,12). The zero-order chi connectivity index (χ0) is 8.81. The van der Waals surface area contributed by atoms with E-state index in [9.17, 15) is 4.79 Å². The quantitative estimate of drug-likeness (QED) is 0.790. The Hall–Kier alpha value is -0.830. The van der Waals surface area contributed by atoms with Crippen molar-refractivity contribution < 1.29 is 4.79 Å². The van der Waals surface area contributed by atoms with Crippen LogP contribution < -0.4 is 5.32 Å². The molecule has 0 aliphatic rings. The predicted molar refractivity (Wildman–Crippen MR) is 53.5 cm³/mol. The molecule has 3 heteroatoms. The minimum absolute atomic E-state index is 0.0399. The van der Waals surface area contributed by atoms with Crippen LogP contribution in [0, 0.1) is 0 Å². The number of amides is 1. The van der Waals surface area contributed by atoms with E-state index in [4.69, 9.17) is 0 Å². The molecular formula is C9H10BrNO. The van der Waals surface area contributed by atoms with Gasteiger partial charge in [0.05, 0.1) is 0 Å². The normalized spacial score (nSPS) is 9.42. The van der Waals surface area contributed by atoms with Crippen LogP contribution in [0.5, 0.6) is 0 Å². The highest BCUT2D eigenvalue weighted by molar-refractivity contribution is 9.09. The van der Waals surface area contributed by atoms with Crippen LogP contribution in [0.2, 0.25) is 0 Å². The molecule has 0 aromatic heterocycles. The van der Waals surface area contributed by atoms with Crippen LogP contribution in [0.25, 0.3) is 0 Å². The van der Waals surface area contributed by atoms with Gasteiger partial charge in [0.25, 0.3) is 0 Å². The first-order valence-electron chi connectivity index (χ1n) is 3.74. The van der Waals surface area contributed by atoms with E-state index in [2.05, 4.69) is 21.2 Å². The summed E-state index contributed by atoms with van der Waals surface area (Å²) < 4.78 is 0. The second-order valence-corrected chi connectivity index (χ2v) is 3.15. The number of carbonyl (C=O) groups excluding carboxylic acids is 1. The highest BCUT2D eigenvalue weighted by atomic mass is 79.9. The maximum atomic E-state index is 11.1. The Morgan fingerprint density at radius 2 is 2.00 bits per heavy atom. The van der Waals surface area contributed by atoms with E-state index < -0.39 is 0 Å². The lowest BCUT2D eigenvalue weighted by molar-refractivity contribution is -0.115. The molecule has 1 aromatic rings. The van der Waals surface area contributed by atoms with Crippen LogP contribution in [0.4, 0.5) is 5.69 Å². The molecule has 0 saturated heterocycles. The van der Waals surface area contributed by atoms with Gasteiger partial charge in [0.15, 0.2) is 0 Å². The zero-order valence-electron chi connectivity index (χ0n) is 6.59. The lowest BCUT2D eigenvalue weighted by Crippen LogP contribution is -2.11. The Kier molecular flexibility index (Phi) is 3.80. The molecule has 0 atom stereocenters. The van der Waals surface area contributed by atoms with E-state index in [0.717, 1.165) is 5.69 Å². The molecule has 0 aliphatic carbocycles. The van der Waals surface area contributed by atoms with Crippen molar-refractivity contribution >= 4 is 27.5 Å². The van der Waals surface area contributed by atoms with Crippen molar-refractivity contribution in [2.45, 2.75) is 6.42 Å². The van der Waals surface area contributed by atoms with Gasteiger partial charge in [-0.1, -0.05) is 34.1 Å². The summed E-state index contributed by atoms with van der Waals surface area (Å²) in [6, 6.07) is 9.44. The first-order chi connectivity index (χ1) is 5.83. The number of anilines is 1. The maximum Gasteiger partial charge on any atom is 0.225 e. The van der Waals surface area contributed by atoms with Crippen molar-refractivity contribution in [2.75, 3.05) is 10.6 Å². The van der Waals surface area contributed by atoms with Gasteiger partial charge in [0.2, 0.25) is 5.91 Å². The zero-order valence-corrected chi connectivity index (χ0v) is 8.17. The third-order valence-electron chi connectivity index (χ3n) is 1.38. The molecule has 0 radical (unpaired) electrons. The molecule has 1 amide bonds. The molecule has 0 fully saturated rings. The van der Waals surface area contributed by atoms with E-state index in [1.54, 1.807) is 0 Å². The molecule has 1 N–H and O–H groups in total. The number of benzene rings is 1. The number of halogens is 1. The molecule has 12 heavy (non-hydrogen) atoms. The van der Waals surface area contributed by atoms with Crippen molar-refractivity contribution in [3.63, 3.8) is 0 Å². The Balaban J connectivity index is 2.47. The summed E-state index contributed by atoms with van der Waals surface area (Å²) in [5.74, 6) is 0.0399. The van der Waals surface area contributed by atoms with E-state index in [-0.39, 0.29) is 5.91 Å². The fourth-order valence-corrected chi connectivity index (χ4v) is 1.19. The number of hydrogen-bond acceptors (Lipinski definition) is 1. The Morgan fingerprint density at radius 1 is 1.33 bits per heavy atom. The summed E-state index contributed by atoms with van der Waals surface area (Å²) in [7, 11) is 0. The Labute approximate surface area is 80.1 Å². The van der Waals surface area contributed by atoms with E-state index in [1.807, 2.05) is 30.3 Å². The highest BCUT2D eigenvalue weighted by Crippen LogP contribution is 2.05. The fraction of sp³-hybridized carbons (Fsp3) is 0.222. The summed E-state index contributed by atoms with van der Waals surface area (Å²) >= 11 is 3.20. The molecule has 0 aliphatic heterocycles. The second-order valence-electron chi connectivity index (χ2n) is 2.35. The minimum atomic E-state index is 0.0399. The Bertz CT molecular complexity index is 248. The van der Waals surface area contributed by atoms with Crippen LogP contribution in [0.3, 0.4) is 0 Å². The van der Waals surface area contributed by atoms with Crippen LogP contribution in [0.1, 0.15) is 6.42 Å². The largest absolute Gasteiger partial charge is 0.326 e. The summed E-state index contributed by atoms with van der Waals surface area (Å²) in [6.07, 6.45) is 0.509. The van der Waals surface area contributed by atoms with Gasteiger partial charge in [-0.25, -0.2) is 0 Å². The van der Waals surface area contributed by atoms with E-state index >= 15 is 0 Å². The van der Waals surface area contributed by atoms with Gasteiger partial charge in [-0.2, -0.15) is 0 Å². The monoisotopic (exact) mass is 227 g/mol. The Morgan fingerprint density at radius 3 is 2.58 bits per heavy atom. The number of carbonyl (C=O) groups is 1. The van der Waals surface area contributed by atoms with Gasteiger partial charge in [0.1, 0.15) is 0 Å². The van der Waals surface area contributed by atoms with Gasteiger partial charge in [-0.05, 0) is 12.1 Å². The van der Waals surface area contributed by atoms with E-state index in [0.29, 0.717) is 11.8 Å². The van der Waals surface area contributed by atoms with Crippen molar-refractivity contribution in [1.82, 2.24) is 0 Å². The van der Waals surface area contributed by atoms with Gasteiger partial charge >= 0.3 is 0 Å². The van der Waals surface area contributed by atoms with E-state index in [1.165, 1.54) is 0 Å². The van der Waals surface area contributed by atoms with Crippen molar-refractivity contribution in [3.8, 4) is 0 Å². The third-order valence-corrected chi connectivity index (χ3v) is 1.78. The summed E-state index contributed by atoms with van der Waals surface area (Å²) in [5.41, 5.74) is 0.850. The van der Waals surface area contributed by atoms with Crippen molar-refractivity contribution in [1.29, 1.82) is 0 Å². The topological polar surface area (TPSA) is 29.1 Å². The lowest BCUT2D eigenvalue weighted by Gasteiger charge is -2.01. The molecule has 1 rings (SSSR count). The number of rotatable bonds is 3. The van der Waals surface area contributed by atoms with Crippen LogP contribution in [-0.2, 0) is 4.79 Å². The molecule has 1 aromatic carbocycles. The van der Waals surface area contributed by atoms with Crippen LogP contribution in [-0.4, -0.2) is 11.2 Å². The number of hydrogen-bond donors (Lipinski definition) is 1. The number of alkyl halides is 1. The molecule has 0 spiro atoms. The van der Waals surface area contributed by atoms with Crippen LogP contribution in [0.15, 0.2) is 30.3 Å². The highest BCUT2D eigenvalue weighted by Gasteiger charge is 1.98. The molecule has 0 heterocycles. The maximum absolute atomic E-state index is 11.1. The first-order valence-corrected chi connectivity index (χ1v) is 4.86. The van der Waals surface area contributed by atoms with Crippen LogP contribution >= 0.6 is 15.9 Å². The molecule has 2 nitrogen and oxygen atoms in total. The molecular weight excluding hydrogens is 218 g/mol. The fourth-order valence-electron chi connectivity index (χ4n) is 0.831. The van der Waals surface area contributed by atoms with Gasteiger partial charge in [-0.3, -0.25) is 4.79 Å². The lowest BCUT2D eigenvalue weighted by atomic mass is 10.3. The molecule has 0 bridgehead atoms. The first kappa shape index (κ1) is 9.26. The SMILES string of the molecule is O=C(CCBr)Nc1ccccc1. The average molecular weight is 228 g/mol. The van der Waals surface area contributed by atoms with Gasteiger partial charge < -0.3 is 5.32 Å². The third kappa shape index (κ3) is 3.05. The number of para-hydroxylation sites is 1. The second kappa shape index (κ2) is 4.93. The molecule has 64 valence electrons. The van der Waals surface area contributed by atoms with Gasteiger partial charge in [0, 0.05) is 17.4 Å². The van der Waals surface area contributed by atoms with Gasteiger partial charge in [-0.15, -0.1) is 0 Å². The number of nitrogens with one attached hydrogen (secondary N) is 1. The van der Waals surface area contributed by atoms with Crippen molar-refractivity contribution in [3.05, 3.63) is 30.3 Å². The summed E-state index contributed by atoms with van der Waals surface area (Å²) in [6.45, 7) is 0. The predicted octanol–water partition coefficient (Wildman–Crippen LogP) is 2.41. The minimum Gasteiger partial charge on any atom is -0.326 e. The smallest absolute Gasteiger partial charge is 0.225 e. The molecule has 0 saturated carbocycles.